The van der Waals surface area contributed by atoms with Crippen molar-refractivity contribution in [3.8, 4) is 0 Å². The van der Waals surface area contributed by atoms with Gasteiger partial charge in [-0.15, -0.1) is 0 Å². The van der Waals surface area contributed by atoms with Crippen LogP contribution in [-0.2, 0) is 19.2 Å². The van der Waals surface area contributed by atoms with Crippen molar-refractivity contribution >= 4 is 44.9 Å². The van der Waals surface area contributed by atoms with E-state index in [1.807, 2.05) is 27.1 Å². The summed E-state index contributed by atoms with van der Waals surface area (Å²) >= 11 is 0. The predicted octanol–water partition coefficient (Wildman–Crippen LogP) is 4.29. The minimum absolute atomic E-state index is 0. The van der Waals surface area contributed by atoms with Crippen molar-refractivity contribution in [3.63, 3.8) is 0 Å². The van der Waals surface area contributed by atoms with Gasteiger partial charge in [-0.25, -0.2) is 0 Å². The quantitative estimate of drug-likeness (QED) is 0.163. The number of benzene rings is 1. The normalized spacial score (nSPS) is 16.7. The molecular weight excluding hydrogens is 746 g/mol. The second-order valence-electron chi connectivity index (χ2n) is 11.7. The number of aryl methyl sites for hydroxylation is 4. The van der Waals surface area contributed by atoms with Gasteiger partial charge in [0, 0.05) is 107 Å². The summed E-state index contributed by atoms with van der Waals surface area (Å²) < 4.78 is 33.9. The van der Waals surface area contributed by atoms with Crippen molar-refractivity contribution in [1.29, 1.82) is 0 Å². The van der Waals surface area contributed by atoms with Gasteiger partial charge in [-0.05, 0) is 56.9 Å². The molecule has 1 aliphatic carbocycles. The first-order chi connectivity index (χ1) is 21.2. The fourth-order valence-electron chi connectivity index (χ4n) is 4.99. The molecule has 3 aromatic rings. The van der Waals surface area contributed by atoms with Crippen molar-refractivity contribution in [2.24, 2.45) is 0 Å². The zero-order valence-electron chi connectivity index (χ0n) is 26.2. The first-order valence-corrected chi connectivity index (χ1v) is 14.7. The second-order valence-corrected chi connectivity index (χ2v) is 11.7. The number of Topliss-reactive ketones (excluding diaryl/α,β-unsaturated/α-hetero) is 3. The molecule has 0 atom stereocenters. The number of ketones is 4. The van der Waals surface area contributed by atoms with E-state index in [0.717, 1.165) is 57.2 Å². The molecule has 0 spiro atoms. The molecule has 1 aromatic carbocycles. The molecule has 0 amide bonds. The molecule has 3 saturated heterocycles. The molecule has 3 aliphatic heterocycles. The number of alkyl halides is 3. The van der Waals surface area contributed by atoms with Gasteiger partial charge in [-0.2, -0.15) is 13.2 Å². The van der Waals surface area contributed by atoms with E-state index in [9.17, 15) is 32.3 Å². The molecule has 5 heterocycles. The number of carbonyl (C=O) groups is 4. The van der Waals surface area contributed by atoms with E-state index in [0.29, 0.717) is 17.1 Å². The van der Waals surface area contributed by atoms with Crippen molar-refractivity contribution in [2.45, 2.75) is 47.2 Å². The Kier molecular flexibility index (Phi) is 10.7. The van der Waals surface area contributed by atoms with Gasteiger partial charge in [-0.3, -0.25) is 29.1 Å². The fraction of sp³-hybridized carbons (Fsp3) is 0.394. The van der Waals surface area contributed by atoms with Crippen LogP contribution in [0, 0.1) is 66.3 Å². The van der Waals surface area contributed by atoms with Gasteiger partial charge >= 0.3 is 6.18 Å². The summed E-state index contributed by atoms with van der Waals surface area (Å²) in [6, 6.07) is 4.34. The zero-order valence-corrected chi connectivity index (χ0v) is 28.3. The molecule has 0 bridgehead atoms. The number of nitrogens with zero attached hydrogens (tertiary/aromatic N) is 5. The number of rotatable bonds is 5. The van der Waals surface area contributed by atoms with E-state index in [1.54, 1.807) is 0 Å². The Hall–Kier alpha value is -3.32. The Morgan fingerprint density at radius 2 is 1.20 bits per heavy atom. The summed E-state index contributed by atoms with van der Waals surface area (Å²) in [4.78, 5) is 59.5. The number of hydrogen-bond donors (Lipinski definition) is 0. The van der Waals surface area contributed by atoms with Crippen LogP contribution in [0.25, 0.3) is 21.8 Å². The van der Waals surface area contributed by atoms with E-state index in [-0.39, 0.29) is 50.2 Å². The minimum atomic E-state index is -4.87. The van der Waals surface area contributed by atoms with E-state index in [2.05, 4.69) is 49.8 Å². The number of aromatic nitrogens is 2. The van der Waals surface area contributed by atoms with Gasteiger partial charge in [0.05, 0.1) is 23.2 Å². The van der Waals surface area contributed by atoms with Crippen LogP contribution in [0.3, 0.4) is 0 Å². The third kappa shape index (κ3) is 7.79. The van der Waals surface area contributed by atoms with Gasteiger partial charge in [0.1, 0.15) is 17.2 Å². The molecule has 0 N–H and O–H groups in total. The molecule has 3 fully saturated rings. The Morgan fingerprint density at radius 1 is 0.761 bits per heavy atom. The SMILES string of the molecule is CC(=O)CC(=O)C(F)(F)F.Cc1cnc2c(ccc3c(C)c(C)cnc32)c1C.O=C1C=C(N2CC2)C(=O)C(N2CC2)=C1N1CC1.[Tb]. The largest absolute Gasteiger partial charge is 0.450 e. The van der Waals surface area contributed by atoms with Crippen LogP contribution >= 0.6 is 0 Å². The molecule has 245 valence electrons. The van der Waals surface area contributed by atoms with Crippen LogP contribution in [0.15, 0.2) is 47.7 Å². The van der Waals surface area contributed by atoms with Crippen LogP contribution in [0.1, 0.15) is 35.6 Å². The fourth-order valence-corrected chi connectivity index (χ4v) is 4.99. The molecule has 7 rings (SSSR count). The van der Waals surface area contributed by atoms with Crippen LogP contribution in [-0.4, -0.2) is 93.2 Å². The molecule has 0 unspecified atom stereocenters. The molecule has 1 radical (unpaired) electrons. The summed E-state index contributed by atoms with van der Waals surface area (Å²) in [6.07, 6.45) is -0.521. The smallest absolute Gasteiger partial charge is 0.365 e. The van der Waals surface area contributed by atoms with Crippen LogP contribution in [0.4, 0.5) is 13.2 Å². The maximum atomic E-state index is 12.4. The monoisotopic (exact) mass is 780 g/mol. The number of allylic oxidation sites excluding steroid dienone is 1. The minimum Gasteiger partial charge on any atom is -0.365 e. The maximum Gasteiger partial charge on any atom is 0.450 e. The van der Waals surface area contributed by atoms with Gasteiger partial charge < -0.3 is 14.7 Å². The summed E-state index contributed by atoms with van der Waals surface area (Å²) in [5.41, 5.74) is 8.95. The topological polar surface area (TPSA) is 103 Å². The number of halogens is 3. The zero-order chi connectivity index (χ0) is 32.8. The molecule has 4 aliphatic rings. The van der Waals surface area contributed by atoms with Crippen molar-refractivity contribution in [2.75, 3.05) is 39.3 Å². The first kappa shape index (κ1) is 35.5. The number of hydrogen-bond acceptors (Lipinski definition) is 9. The molecule has 46 heavy (non-hydrogen) atoms. The number of carbonyl (C=O) groups excluding carboxylic acids is 4. The van der Waals surface area contributed by atoms with Crippen molar-refractivity contribution in [1.82, 2.24) is 24.7 Å². The first-order valence-electron chi connectivity index (χ1n) is 14.7. The summed E-state index contributed by atoms with van der Waals surface area (Å²) in [5.74, 6) is -2.71. The average Bonchev–Trinajstić information content (AvgIpc) is 3.79. The second kappa shape index (κ2) is 13.8. The Labute approximate surface area is 295 Å². The summed E-state index contributed by atoms with van der Waals surface area (Å²) in [6.45, 7) is 14.8. The maximum absolute atomic E-state index is 12.4. The standard InChI is InChI=1S/C16H16N2.C12H13N3O2.C5H5F3O2.Tb/c1-9-7-17-15-13(11(9)3)5-6-14-12(4)10(2)8-18-16(14)15;16-9-7-8(13-1-2-13)12(17)11(15-5-6-15)10(9)14-3-4-14;1-3(9)2-4(10)5(6,7)8;/h5-8H,1-4H3;7H,1-6H2;2H2,1H3;. The van der Waals surface area contributed by atoms with Crippen molar-refractivity contribution in [3.05, 3.63) is 69.9 Å². The molecular formula is C33H34F3N5O4Tb. The van der Waals surface area contributed by atoms with E-state index in [4.69, 9.17) is 0 Å². The summed E-state index contributed by atoms with van der Waals surface area (Å²) in [7, 11) is 0. The van der Waals surface area contributed by atoms with E-state index < -0.39 is 24.2 Å². The third-order valence-corrected chi connectivity index (χ3v) is 8.13. The molecule has 9 nitrogen and oxygen atoms in total. The number of pyridine rings is 2. The van der Waals surface area contributed by atoms with Gasteiger partial charge in [0.15, 0.2) is 0 Å². The molecule has 2 aromatic heterocycles. The van der Waals surface area contributed by atoms with Crippen LogP contribution < -0.4 is 0 Å². The van der Waals surface area contributed by atoms with E-state index >= 15 is 0 Å². The third-order valence-electron chi connectivity index (χ3n) is 8.13. The molecule has 13 heteroatoms. The van der Waals surface area contributed by atoms with Crippen molar-refractivity contribution < 1.29 is 71.0 Å². The predicted molar refractivity (Wildman–Crippen MR) is 162 cm³/mol. The van der Waals surface area contributed by atoms with Gasteiger partial charge in [0.2, 0.25) is 17.3 Å². The van der Waals surface area contributed by atoms with Gasteiger partial charge in [0.25, 0.3) is 0 Å². The van der Waals surface area contributed by atoms with Gasteiger partial charge in [-0.1, -0.05) is 12.1 Å². The average molecular weight is 781 g/mol. The van der Waals surface area contributed by atoms with Crippen LogP contribution in [0.2, 0.25) is 0 Å². The van der Waals surface area contributed by atoms with E-state index in [1.165, 1.54) is 39.1 Å². The Balaban J connectivity index is 0.000000162. The van der Waals surface area contributed by atoms with Crippen LogP contribution in [0.5, 0.6) is 0 Å². The number of fused-ring (bicyclic) bond motifs is 3. The summed E-state index contributed by atoms with van der Waals surface area (Å²) in [5, 5.41) is 2.41. The Morgan fingerprint density at radius 3 is 1.57 bits per heavy atom. The Bertz CT molecular complexity index is 1760. The molecule has 0 saturated carbocycles.